The molecule has 0 aliphatic carbocycles. The lowest BCUT2D eigenvalue weighted by molar-refractivity contribution is 0.281. The first-order valence-corrected chi connectivity index (χ1v) is 11.2. The van der Waals surface area contributed by atoms with Crippen LogP contribution in [0.25, 0.3) is 0 Å². The molecule has 122 valence electrons. The maximum atomic E-state index is 5.98. The van der Waals surface area contributed by atoms with Crippen LogP contribution in [0.3, 0.4) is 0 Å². The van der Waals surface area contributed by atoms with E-state index in [4.69, 9.17) is 5.73 Å². The maximum absolute atomic E-state index is 5.98. The van der Waals surface area contributed by atoms with Gasteiger partial charge in [-0.1, -0.05) is 75.4 Å². The number of hydrogen-bond acceptors (Lipinski definition) is 1. The molecular formula is C18H41NSi. The molecule has 0 heterocycles. The van der Waals surface area contributed by atoms with Gasteiger partial charge in [0.25, 0.3) is 0 Å². The molecule has 0 saturated carbocycles. The molecule has 0 fully saturated rings. The fourth-order valence-electron chi connectivity index (χ4n) is 3.95. The van der Waals surface area contributed by atoms with Crippen LogP contribution in [0, 0.1) is 10.8 Å². The molecule has 0 atom stereocenters. The minimum atomic E-state index is -1.45. The summed E-state index contributed by atoms with van der Waals surface area (Å²) in [6, 6.07) is 0. The minimum Gasteiger partial charge on any atom is -0.330 e. The average molecular weight is 300 g/mol. The van der Waals surface area contributed by atoms with Crippen LogP contribution in [0.1, 0.15) is 75.2 Å². The van der Waals surface area contributed by atoms with Crippen molar-refractivity contribution in [2.75, 3.05) is 6.54 Å². The molecule has 1 nitrogen and oxygen atoms in total. The fourth-order valence-corrected chi connectivity index (χ4v) is 7.68. The molecule has 0 aromatic carbocycles. The van der Waals surface area contributed by atoms with Crippen molar-refractivity contribution in [3.05, 3.63) is 0 Å². The summed E-state index contributed by atoms with van der Waals surface area (Å²) in [7, 11) is -1.45. The predicted molar refractivity (Wildman–Crippen MR) is 97.1 cm³/mol. The highest BCUT2D eigenvalue weighted by Crippen LogP contribution is 2.59. The van der Waals surface area contributed by atoms with Gasteiger partial charge in [-0.05, 0) is 40.3 Å². The quantitative estimate of drug-likeness (QED) is 0.592. The van der Waals surface area contributed by atoms with Crippen LogP contribution in [-0.4, -0.2) is 14.6 Å². The van der Waals surface area contributed by atoms with Crippen molar-refractivity contribution in [2.45, 2.75) is 98.3 Å². The van der Waals surface area contributed by atoms with Crippen molar-refractivity contribution in [3.63, 3.8) is 0 Å². The van der Waals surface area contributed by atoms with Crippen molar-refractivity contribution in [2.24, 2.45) is 16.6 Å². The topological polar surface area (TPSA) is 26.0 Å². The molecule has 0 aliphatic rings. The molecule has 0 saturated heterocycles. The Morgan fingerprint density at radius 3 is 1.35 bits per heavy atom. The van der Waals surface area contributed by atoms with Crippen molar-refractivity contribution in [3.8, 4) is 0 Å². The van der Waals surface area contributed by atoms with Gasteiger partial charge in [0, 0.05) is 0 Å². The molecule has 2 N–H and O–H groups in total. The standard InChI is InChI=1S/C18H41NSi/c1-15(2,3)12-17(6,7)20(10,11)18(8,9)13-16(4,5)14-19/h12-14,19H2,1-11H3. The van der Waals surface area contributed by atoms with E-state index in [0.29, 0.717) is 15.5 Å². The Morgan fingerprint density at radius 2 is 1.05 bits per heavy atom. The third-order valence-electron chi connectivity index (χ3n) is 5.83. The zero-order chi connectivity index (χ0) is 16.6. The van der Waals surface area contributed by atoms with Crippen molar-refractivity contribution in [1.29, 1.82) is 0 Å². The Labute approximate surface area is 130 Å². The normalized spacial score (nSPS) is 15.6. The van der Waals surface area contributed by atoms with Gasteiger partial charge in [-0.2, -0.15) is 0 Å². The Hall–Kier alpha value is 0.177. The average Bonchev–Trinajstić information content (AvgIpc) is 2.11. The van der Waals surface area contributed by atoms with Crippen LogP contribution < -0.4 is 5.73 Å². The van der Waals surface area contributed by atoms with Gasteiger partial charge in [0.15, 0.2) is 0 Å². The molecule has 0 aromatic rings. The fraction of sp³-hybridized carbons (Fsp3) is 1.00. The van der Waals surface area contributed by atoms with E-state index in [0.717, 1.165) is 6.54 Å². The van der Waals surface area contributed by atoms with E-state index >= 15 is 0 Å². The summed E-state index contributed by atoms with van der Waals surface area (Å²) in [6.45, 7) is 27.7. The van der Waals surface area contributed by atoms with Gasteiger partial charge in [0.05, 0.1) is 8.07 Å². The first-order chi connectivity index (χ1) is 8.47. The number of rotatable bonds is 6. The smallest absolute Gasteiger partial charge is 0.0587 e. The zero-order valence-electron chi connectivity index (χ0n) is 16.2. The van der Waals surface area contributed by atoms with E-state index < -0.39 is 8.07 Å². The lowest BCUT2D eigenvalue weighted by atomic mass is 9.83. The lowest BCUT2D eigenvalue weighted by Gasteiger charge is -2.54. The van der Waals surface area contributed by atoms with Crippen LogP contribution in [-0.2, 0) is 0 Å². The van der Waals surface area contributed by atoms with Gasteiger partial charge in [0.2, 0.25) is 0 Å². The first-order valence-electron chi connectivity index (χ1n) is 8.18. The molecule has 0 aliphatic heterocycles. The second-order valence-corrected chi connectivity index (χ2v) is 16.6. The van der Waals surface area contributed by atoms with Crippen molar-refractivity contribution < 1.29 is 0 Å². The zero-order valence-corrected chi connectivity index (χ0v) is 17.2. The van der Waals surface area contributed by atoms with E-state index in [2.05, 4.69) is 75.4 Å². The monoisotopic (exact) mass is 299 g/mol. The third kappa shape index (κ3) is 4.87. The molecule has 0 aromatic heterocycles. The van der Waals surface area contributed by atoms with Crippen molar-refractivity contribution in [1.82, 2.24) is 0 Å². The van der Waals surface area contributed by atoms with Gasteiger partial charge in [0.1, 0.15) is 0 Å². The van der Waals surface area contributed by atoms with E-state index in [9.17, 15) is 0 Å². The summed E-state index contributed by atoms with van der Waals surface area (Å²) in [5, 5.41) is 0.823. The van der Waals surface area contributed by atoms with Gasteiger partial charge in [-0.25, -0.2) is 0 Å². The first kappa shape index (κ1) is 20.2. The van der Waals surface area contributed by atoms with Gasteiger partial charge in [-0.3, -0.25) is 0 Å². The van der Waals surface area contributed by atoms with Gasteiger partial charge < -0.3 is 5.73 Å². The third-order valence-corrected chi connectivity index (χ3v) is 13.0. The molecular weight excluding hydrogens is 258 g/mol. The van der Waals surface area contributed by atoms with E-state index in [-0.39, 0.29) is 5.41 Å². The Bertz CT molecular complexity index is 319. The highest BCUT2D eigenvalue weighted by Gasteiger charge is 2.51. The predicted octanol–water partition coefficient (Wildman–Crippen LogP) is 6.07. The molecule has 0 rings (SSSR count). The number of nitrogens with two attached hydrogens (primary N) is 1. The molecule has 0 bridgehead atoms. The molecule has 0 amide bonds. The van der Waals surface area contributed by atoms with Crippen LogP contribution in [0.5, 0.6) is 0 Å². The molecule has 2 heteroatoms. The summed E-state index contributed by atoms with van der Waals surface area (Å²) in [4.78, 5) is 0. The van der Waals surface area contributed by atoms with Crippen molar-refractivity contribution >= 4 is 8.07 Å². The Morgan fingerprint density at radius 1 is 0.700 bits per heavy atom. The SMILES string of the molecule is CC(C)(C)CC(C)(C)[Si](C)(C)C(C)(C)CC(C)(C)CN. The van der Waals surface area contributed by atoms with Crippen LogP contribution in [0.4, 0.5) is 0 Å². The summed E-state index contributed by atoms with van der Waals surface area (Å²) < 4.78 is 0. The summed E-state index contributed by atoms with van der Waals surface area (Å²) in [5.74, 6) is 0. The summed E-state index contributed by atoms with van der Waals surface area (Å²) in [5.41, 5.74) is 6.62. The molecule has 0 spiro atoms. The van der Waals surface area contributed by atoms with Crippen LogP contribution in [0.15, 0.2) is 0 Å². The van der Waals surface area contributed by atoms with E-state index in [1.807, 2.05) is 0 Å². The molecule has 20 heavy (non-hydrogen) atoms. The number of hydrogen-bond donors (Lipinski definition) is 1. The van der Waals surface area contributed by atoms with E-state index in [1.54, 1.807) is 0 Å². The highest BCUT2D eigenvalue weighted by atomic mass is 28.3. The minimum absolute atomic E-state index is 0.242. The Kier molecular flexibility index (Phi) is 5.81. The Balaban J connectivity index is 5.38. The summed E-state index contributed by atoms with van der Waals surface area (Å²) >= 11 is 0. The van der Waals surface area contributed by atoms with E-state index in [1.165, 1.54) is 12.8 Å². The maximum Gasteiger partial charge on any atom is 0.0587 e. The van der Waals surface area contributed by atoms with Gasteiger partial charge in [-0.15, -0.1) is 0 Å². The van der Waals surface area contributed by atoms with Crippen LogP contribution in [0.2, 0.25) is 23.2 Å². The highest BCUT2D eigenvalue weighted by molar-refractivity contribution is 6.83. The lowest BCUT2D eigenvalue weighted by Crippen LogP contribution is -2.51. The molecule has 0 unspecified atom stereocenters. The second-order valence-electron chi connectivity index (χ2n) is 10.7. The molecule has 0 radical (unpaired) electrons. The summed E-state index contributed by atoms with van der Waals surface area (Å²) in [6.07, 6.45) is 2.52. The van der Waals surface area contributed by atoms with Crippen LogP contribution >= 0.6 is 0 Å². The second kappa shape index (κ2) is 5.76. The van der Waals surface area contributed by atoms with Gasteiger partial charge >= 0.3 is 0 Å². The largest absolute Gasteiger partial charge is 0.330 e.